The van der Waals surface area contributed by atoms with Gasteiger partial charge in [-0.05, 0) is 61.6 Å². The normalized spacial score (nSPS) is 22.1. The molecule has 1 aromatic carbocycles. The molecule has 0 radical (unpaired) electrons. The summed E-state index contributed by atoms with van der Waals surface area (Å²) in [4.78, 5) is 73.9. The minimum absolute atomic E-state index is 0.0824. The summed E-state index contributed by atoms with van der Waals surface area (Å²) in [5, 5.41) is 2.22. The van der Waals surface area contributed by atoms with E-state index in [1.54, 1.807) is 28.1 Å². The fourth-order valence-electron chi connectivity index (χ4n) is 5.73. The second-order valence-corrected chi connectivity index (χ2v) is 10.2. The van der Waals surface area contributed by atoms with Crippen LogP contribution in [0.15, 0.2) is 54.9 Å². The van der Waals surface area contributed by atoms with Gasteiger partial charge < -0.3 is 9.80 Å². The maximum atomic E-state index is 13.2. The lowest BCUT2D eigenvalue weighted by molar-refractivity contribution is -0.136. The Morgan fingerprint density at radius 2 is 1.72 bits per heavy atom. The third-order valence-corrected chi connectivity index (χ3v) is 7.83. The summed E-state index contributed by atoms with van der Waals surface area (Å²) in [6.45, 7) is 2.60. The summed E-state index contributed by atoms with van der Waals surface area (Å²) in [6, 6.07) is 9.66. The molecule has 11 nitrogen and oxygen atoms in total. The van der Waals surface area contributed by atoms with E-state index in [1.807, 2.05) is 36.5 Å². The van der Waals surface area contributed by atoms with E-state index in [4.69, 9.17) is 0 Å². The van der Waals surface area contributed by atoms with Crippen LogP contribution in [0.25, 0.3) is 0 Å². The van der Waals surface area contributed by atoms with Crippen molar-refractivity contribution >= 4 is 41.2 Å². The number of fused-ring (bicyclic) bond motifs is 1. The number of carbonyl (C=O) groups is 5. The molecule has 6 amide bonds. The number of urea groups is 1. The number of imide groups is 2. The Morgan fingerprint density at radius 3 is 2.46 bits per heavy atom. The zero-order chi connectivity index (χ0) is 27.1. The number of rotatable bonds is 5. The van der Waals surface area contributed by atoms with Gasteiger partial charge in [0.25, 0.3) is 11.8 Å². The summed E-state index contributed by atoms with van der Waals surface area (Å²) in [7, 11) is 0. The summed E-state index contributed by atoms with van der Waals surface area (Å²) >= 11 is 0. The maximum Gasteiger partial charge on any atom is 0.329 e. The molecule has 1 aromatic heterocycles. The van der Waals surface area contributed by atoms with Crippen LogP contribution in [-0.2, 0) is 9.59 Å². The van der Waals surface area contributed by atoms with Gasteiger partial charge in [0.1, 0.15) is 11.9 Å². The van der Waals surface area contributed by atoms with E-state index in [1.165, 1.54) is 0 Å². The van der Waals surface area contributed by atoms with Crippen molar-refractivity contribution in [1.82, 2.24) is 20.1 Å². The molecule has 11 heteroatoms. The smallest absolute Gasteiger partial charge is 0.329 e. The SMILES string of the molecule is O=C1CCC(N2C(=O)c3ccc(N4CCC(CN5C=CCN(c6ccccn6)C5=O)CC4)cc3C2=O)C(=O)N1. The van der Waals surface area contributed by atoms with Gasteiger partial charge >= 0.3 is 6.03 Å². The molecule has 2 aromatic rings. The van der Waals surface area contributed by atoms with Gasteiger partial charge in [0.2, 0.25) is 11.8 Å². The Labute approximate surface area is 225 Å². The maximum absolute atomic E-state index is 13.2. The highest BCUT2D eigenvalue weighted by molar-refractivity contribution is 6.23. The number of anilines is 2. The topological polar surface area (TPSA) is 123 Å². The van der Waals surface area contributed by atoms with Gasteiger partial charge in [-0.15, -0.1) is 0 Å². The largest absolute Gasteiger partial charge is 0.371 e. The fraction of sp³-hybridized carbons (Fsp3) is 0.357. The average molecular weight is 529 g/mol. The van der Waals surface area contributed by atoms with Crippen molar-refractivity contribution in [2.45, 2.75) is 31.7 Å². The molecule has 0 spiro atoms. The first-order valence-electron chi connectivity index (χ1n) is 13.2. The van der Waals surface area contributed by atoms with Crippen LogP contribution in [0.5, 0.6) is 0 Å². The zero-order valence-electron chi connectivity index (χ0n) is 21.3. The summed E-state index contributed by atoms with van der Waals surface area (Å²) < 4.78 is 0. The highest BCUT2D eigenvalue weighted by atomic mass is 16.2. The van der Waals surface area contributed by atoms with Gasteiger partial charge in [-0.3, -0.25) is 34.3 Å². The van der Waals surface area contributed by atoms with Crippen molar-refractivity contribution < 1.29 is 24.0 Å². The van der Waals surface area contributed by atoms with Crippen LogP contribution in [-0.4, -0.2) is 76.7 Å². The van der Waals surface area contributed by atoms with Crippen molar-refractivity contribution in [2.75, 3.05) is 36.0 Å². The van der Waals surface area contributed by atoms with E-state index in [2.05, 4.69) is 15.2 Å². The Hall–Kier alpha value is -4.54. The molecule has 0 bridgehead atoms. The Kier molecular flexibility index (Phi) is 6.34. The average Bonchev–Trinajstić information content (AvgIpc) is 3.20. The molecule has 6 rings (SSSR count). The molecule has 1 N–H and O–H groups in total. The van der Waals surface area contributed by atoms with Crippen LogP contribution in [0.2, 0.25) is 0 Å². The van der Waals surface area contributed by atoms with E-state index >= 15 is 0 Å². The van der Waals surface area contributed by atoms with E-state index in [9.17, 15) is 24.0 Å². The van der Waals surface area contributed by atoms with Gasteiger partial charge in [-0.1, -0.05) is 6.07 Å². The Morgan fingerprint density at radius 1 is 0.923 bits per heavy atom. The van der Waals surface area contributed by atoms with Crippen LogP contribution in [0.4, 0.5) is 16.3 Å². The van der Waals surface area contributed by atoms with Gasteiger partial charge in [-0.25, -0.2) is 9.78 Å². The fourth-order valence-corrected chi connectivity index (χ4v) is 5.73. The number of hydrogen-bond acceptors (Lipinski definition) is 7. The number of aromatic nitrogens is 1. The van der Waals surface area contributed by atoms with E-state index < -0.39 is 29.7 Å². The highest BCUT2D eigenvalue weighted by Crippen LogP contribution is 2.32. The monoisotopic (exact) mass is 528 g/mol. The molecule has 0 aliphatic carbocycles. The molecule has 5 heterocycles. The number of hydrogen-bond donors (Lipinski definition) is 1. The number of carbonyl (C=O) groups excluding carboxylic acids is 5. The second-order valence-electron chi connectivity index (χ2n) is 10.2. The predicted molar refractivity (Wildman–Crippen MR) is 141 cm³/mol. The van der Waals surface area contributed by atoms with Crippen molar-refractivity contribution in [3.63, 3.8) is 0 Å². The van der Waals surface area contributed by atoms with Crippen LogP contribution >= 0.6 is 0 Å². The van der Waals surface area contributed by atoms with Crippen molar-refractivity contribution in [1.29, 1.82) is 0 Å². The number of pyridine rings is 1. The van der Waals surface area contributed by atoms with Gasteiger partial charge in [0.15, 0.2) is 0 Å². The molecule has 4 aliphatic heterocycles. The molecule has 200 valence electrons. The van der Waals surface area contributed by atoms with Crippen LogP contribution in [0, 0.1) is 5.92 Å². The lowest BCUT2D eigenvalue weighted by atomic mass is 9.95. The second kappa shape index (κ2) is 9.97. The zero-order valence-corrected chi connectivity index (χ0v) is 21.3. The molecular weight excluding hydrogens is 500 g/mol. The number of amides is 6. The molecule has 39 heavy (non-hydrogen) atoms. The number of benzene rings is 1. The number of nitrogens with one attached hydrogen (secondary N) is 1. The third kappa shape index (κ3) is 4.53. The number of piperidine rings is 2. The van der Waals surface area contributed by atoms with Gasteiger partial charge in [0.05, 0.1) is 11.1 Å². The molecule has 0 saturated carbocycles. The molecule has 2 fully saturated rings. The Balaban J connectivity index is 1.09. The highest BCUT2D eigenvalue weighted by Gasteiger charge is 2.44. The van der Waals surface area contributed by atoms with E-state index in [0.29, 0.717) is 24.8 Å². The first kappa shape index (κ1) is 24.8. The third-order valence-electron chi connectivity index (χ3n) is 7.83. The lowest BCUT2D eigenvalue weighted by Gasteiger charge is -2.37. The molecule has 2 saturated heterocycles. The lowest BCUT2D eigenvalue weighted by Crippen LogP contribution is -2.54. The van der Waals surface area contributed by atoms with E-state index in [-0.39, 0.29) is 30.0 Å². The molecule has 1 unspecified atom stereocenters. The summed E-state index contributed by atoms with van der Waals surface area (Å²) in [6.07, 6.45) is 7.45. The Bertz CT molecular complexity index is 1380. The first-order chi connectivity index (χ1) is 18.9. The van der Waals surface area contributed by atoms with Crippen LogP contribution < -0.4 is 15.1 Å². The van der Waals surface area contributed by atoms with Gasteiger partial charge in [0, 0.05) is 50.7 Å². The van der Waals surface area contributed by atoms with E-state index in [0.717, 1.165) is 36.5 Å². The predicted octanol–water partition coefficient (Wildman–Crippen LogP) is 2.16. The van der Waals surface area contributed by atoms with Crippen LogP contribution in [0.3, 0.4) is 0 Å². The van der Waals surface area contributed by atoms with Gasteiger partial charge in [-0.2, -0.15) is 0 Å². The van der Waals surface area contributed by atoms with Crippen molar-refractivity contribution in [3.8, 4) is 0 Å². The first-order valence-corrected chi connectivity index (χ1v) is 13.2. The number of nitrogens with zero attached hydrogens (tertiary/aromatic N) is 5. The van der Waals surface area contributed by atoms with Crippen LogP contribution in [0.1, 0.15) is 46.4 Å². The standard InChI is InChI=1S/C28H28N6O5/c35-24-8-7-22(25(36)30-24)34-26(37)20-6-5-19(16-21(20)27(34)38)31-14-9-18(10-15-31)17-32-12-3-13-33(28(32)39)23-4-1-2-11-29-23/h1-6,11-12,16,18,22H,7-10,13-15,17H2,(H,30,35,36). The van der Waals surface area contributed by atoms with Crippen molar-refractivity contribution in [2.24, 2.45) is 5.92 Å². The summed E-state index contributed by atoms with van der Waals surface area (Å²) in [5.41, 5.74) is 1.40. The molecule has 1 atom stereocenters. The molecular formula is C28H28N6O5. The molecule has 4 aliphatic rings. The van der Waals surface area contributed by atoms with Crippen molar-refractivity contribution in [3.05, 3.63) is 66.0 Å². The quantitative estimate of drug-likeness (QED) is 0.590. The minimum Gasteiger partial charge on any atom is -0.371 e. The summed E-state index contributed by atoms with van der Waals surface area (Å²) in [5.74, 6) is -1.08. The minimum atomic E-state index is -0.977.